The fourth-order valence-electron chi connectivity index (χ4n) is 4.80. The maximum Gasteiger partial charge on any atom is 0.122 e. The molecule has 3 aliphatic rings. The summed E-state index contributed by atoms with van der Waals surface area (Å²) < 4.78 is 5.48. The number of ether oxygens (including phenoxy) is 1. The van der Waals surface area contributed by atoms with Crippen LogP contribution in [-0.4, -0.2) is 19.2 Å². The molecule has 2 aliphatic carbocycles. The van der Waals surface area contributed by atoms with Gasteiger partial charge in [-0.3, -0.25) is 0 Å². The lowest BCUT2D eigenvalue weighted by molar-refractivity contribution is -0.152. The molecule has 1 aliphatic heterocycles. The monoisotopic (exact) mass is 243 g/mol. The van der Waals surface area contributed by atoms with E-state index in [1.807, 2.05) is 0 Å². The van der Waals surface area contributed by atoms with Gasteiger partial charge in [0.05, 0.1) is 7.11 Å². The van der Waals surface area contributed by atoms with Crippen LogP contribution in [-0.2, 0) is 11.8 Å². The Morgan fingerprint density at radius 2 is 2.06 bits per heavy atom. The van der Waals surface area contributed by atoms with Crippen LogP contribution >= 0.6 is 0 Å². The van der Waals surface area contributed by atoms with Crippen molar-refractivity contribution in [3.63, 3.8) is 0 Å². The Balaban J connectivity index is 1.91. The van der Waals surface area contributed by atoms with Crippen molar-refractivity contribution in [1.29, 1.82) is 0 Å². The summed E-state index contributed by atoms with van der Waals surface area (Å²) in [5.74, 6) is 1.04. The third-order valence-corrected chi connectivity index (χ3v) is 6.29. The lowest BCUT2D eigenvalue weighted by Gasteiger charge is -2.76. The first-order valence-electron chi connectivity index (χ1n) is 6.95. The number of piperidine rings is 1. The Morgan fingerprint density at radius 3 is 2.72 bits per heavy atom. The summed E-state index contributed by atoms with van der Waals surface area (Å²) in [5.41, 5.74) is 5.21. The second-order valence-electron chi connectivity index (χ2n) is 6.77. The number of methoxy groups -OCH3 is 1. The molecule has 0 spiro atoms. The molecule has 1 aromatic carbocycles. The third kappa shape index (κ3) is 0.902. The van der Waals surface area contributed by atoms with Gasteiger partial charge in [0, 0.05) is 22.9 Å². The zero-order valence-corrected chi connectivity index (χ0v) is 11.6. The van der Waals surface area contributed by atoms with Gasteiger partial charge in [0.25, 0.3) is 0 Å². The molecule has 4 atom stereocenters. The number of hydrogen-bond donors (Lipinski definition) is 1. The minimum atomic E-state index is 0.373. The van der Waals surface area contributed by atoms with Gasteiger partial charge in [-0.15, -0.1) is 0 Å². The van der Waals surface area contributed by atoms with Crippen LogP contribution in [0.5, 0.6) is 5.75 Å². The summed E-state index contributed by atoms with van der Waals surface area (Å²) in [6, 6.07) is 6.07. The molecule has 2 unspecified atom stereocenters. The van der Waals surface area contributed by atoms with E-state index in [4.69, 9.17) is 4.74 Å². The quantitative estimate of drug-likeness (QED) is 0.818. The topological polar surface area (TPSA) is 21.3 Å². The van der Waals surface area contributed by atoms with Gasteiger partial charge in [-0.25, -0.2) is 0 Å². The zero-order chi connectivity index (χ0) is 12.7. The molecule has 96 valence electrons. The molecular weight excluding hydrogens is 222 g/mol. The maximum atomic E-state index is 5.48. The third-order valence-electron chi connectivity index (χ3n) is 6.29. The van der Waals surface area contributed by atoms with Gasteiger partial charge < -0.3 is 10.1 Å². The van der Waals surface area contributed by atoms with Crippen LogP contribution in [0.2, 0.25) is 0 Å². The highest BCUT2D eigenvalue weighted by Crippen LogP contribution is 2.67. The molecular formula is C16H21NO. The van der Waals surface area contributed by atoms with Crippen molar-refractivity contribution >= 4 is 0 Å². The van der Waals surface area contributed by atoms with Crippen molar-refractivity contribution in [1.82, 2.24) is 5.32 Å². The van der Waals surface area contributed by atoms with Crippen LogP contribution in [0.3, 0.4) is 0 Å². The fraction of sp³-hybridized carbons (Fsp3) is 0.625. The molecule has 1 N–H and O–H groups in total. The van der Waals surface area contributed by atoms with Crippen LogP contribution in [0.1, 0.15) is 37.0 Å². The van der Waals surface area contributed by atoms with E-state index in [0.29, 0.717) is 16.9 Å². The Bertz CT molecular complexity index is 552. The highest BCUT2D eigenvalue weighted by atomic mass is 16.5. The molecule has 2 nitrogen and oxygen atoms in total. The normalized spacial score (nSPS) is 43.3. The molecule has 4 rings (SSSR count). The molecule has 1 aromatic rings. The van der Waals surface area contributed by atoms with E-state index in [1.54, 1.807) is 12.7 Å². The van der Waals surface area contributed by atoms with Gasteiger partial charge in [0.1, 0.15) is 5.75 Å². The summed E-state index contributed by atoms with van der Waals surface area (Å²) in [6.07, 6.45) is 2.45. The summed E-state index contributed by atoms with van der Waals surface area (Å²) in [5, 5.41) is 3.73. The molecule has 1 saturated carbocycles. The summed E-state index contributed by atoms with van der Waals surface area (Å²) in [7, 11) is 1.77. The average Bonchev–Trinajstić information content (AvgIpc) is 2.35. The standard InChI is InChI=1S/C16H21NO/c1-9-5-11-10(6-12(9)18-4)7-13-16(3)14(17-13)8-15(11,16)2/h5-6,13-14,17H,7-8H2,1-4H3/t13-,14?,15+,16?/m0/s1. The van der Waals surface area contributed by atoms with Crippen LogP contribution in [0.4, 0.5) is 0 Å². The highest BCUT2D eigenvalue weighted by molar-refractivity contribution is 5.53. The molecule has 0 bridgehead atoms. The zero-order valence-electron chi connectivity index (χ0n) is 11.6. The Labute approximate surface area is 109 Å². The van der Waals surface area contributed by atoms with Crippen molar-refractivity contribution < 1.29 is 4.74 Å². The first-order chi connectivity index (χ1) is 8.50. The first-order valence-corrected chi connectivity index (χ1v) is 6.95. The first kappa shape index (κ1) is 10.9. The minimum absolute atomic E-state index is 0.373. The SMILES string of the molecule is COc1cc2c(cc1C)[C@@]1(C)CC3N[C@@H](C2)C31C. The largest absolute Gasteiger partial charge is 0.496 e. The Hall–Kier alpha value is -1.02. The van der Waals surface area contributed by atoms with Gasteiger partial charge in [-0.1, -0.05) is 19.9 Å². The molecule has 1 heterocycles. The van der Waals surface area contributed by atoms with E-state index in [0.717, 1.165) is 18.2 Å². The highest BCUT2D eigenvalue weighted by Gasteiger charge is 2.72. The van der Waals surface area contributed by atoms with Crippen molar-refractivity contribution in [3.8, 4) is 5.75 Å². The van der Waals surface area contributed by atoms with E-state index < -0.39 is 0 Å². The molecule has 0 amide bonds. The van der Waals surface area contributed by atoms with Crippen LogP contribution in [0, 0.1) is 12.3 Å². The molecule has 2 heteroatoms. The van der Waals surface area contributed by atoms with Crippen molar-refractivity contribution in [2.45, 2.75) is 51.1 Å². The van der Waals surface area contributed by atoms with Crippen LogP contribution < -0.4 is 10.1 Å². The lowest BCUT2D eigenvalue weighted by Crippen LogP contribution is -2.85. The second-order valence-corrected chi connectivity index (χ2v) is 6.77. The van der Waals surface area contributed by atoms with Crippen LogP contribution in [0.15, 0.2) is 12.1 Å². The van der Waals surface area contributed by atoms with Crippen molar-refractivity contribution in [2.24, 2.45) is 5.41 Å². The predicted molar refractivity (Wildman–Crippen MR) is 72.2 cm³/mol. The number of fused-ring (bicyclic) bond motifs is 2. The number of hydrogen-bond acceptors (Lipinski definition) is 2. The number of nitrogens with one attached hydrogen (secondary N) is 1. The van der Waals surface area contributed by atoms with Crippen LogP contribution in [0.25, 0.3) is 0 Å². The van der Waals surface area contributed by atoms with E-state index in [2.05, 4.69) is 38.2 Å². The van der Waals surface area contributed by atoms with E-state index in [9.17, 15) is 0 Å². The molecule has 18 heavy (non-hydrogen) atoms. The minimum Gasteiger partial charge on any atom is -0.496 e. The predicted octanol–water partition coefficient (Wildman–Crippen LogP) is 2.57. The average molecular weight is 243 g/mol. The number of rotatable bonds is 1. The Morgan fingerprint density at radius 1 is 1.28 bits per heavy atom. The second kappa shape index (κ2) is 2.93. The van der Waals surface area contributed by atoms with E-state index in [-0.39, 0.29) is 0 Å². The summed E-state index contributed by atoms with van der Waals surface area (Å²) in [4.78, 5) is 0. The smallest absolute Gasteiger partial charge is 0.122 e. The summed E-state index contributed by atoms with van der Waals surface area (Å²) >= 11 is 0. The van der Waals surface area contributed by atoms with Gasteiger partial charge in [0.2, 0.25) is 0 Å². The summed E-state index contributed by atoms with van der Waals surface area (Å²) in [6.45, 7) is 7.10. The molecule has 1 saturated heterocycles. The van der Waals surface area contributed by atoms with Crippen molar-refractivity contribution in [3.05, 3.63) is 28.8 Å². The van der Waals surface area contributed by atoms with E-state index >= 15 is 0 Å². The van der Waals surface area contributed by atoms with Crippen molar-refractivity contribution in [2.75, 3.05) is 7.11 Å². The van der Waals surface area contributed by atoms with E-state index in [1.165, 1.54) is 17.5 Å². The lowest BCUT2D eigenvalue weighted by atomic mass is 9.36. The Kier molecular flexibility index (Phi) is 1.77. The molecule has 2 fully saturated rings. The van der Waals surface area contributed by atoms with Gasteiger partial charge in [-0.2, -0.15) is 0 Å². The fourth-order valence-corrected chi connectivity index (χ4v) is 4.80. The molecule has 0 aromatic heterocycles. The maximum absolute atomic E-state index is 5.48. The van der Waals surface area contributed by atoms with Gasteiger partial charge in [-0.05, 0) is 42.5 Å². The number of aryl methyl sites for hydroxylation is 1. The van der Waals surface area contributed by atoms with Gasteiger partial charge >= 0.3 is 0 Å². The van der Waals surface area contributed by atoms with Gasteiger partial charge in [0.15, 0.2) is 0 Å². The number of benzene rings is 1. The molecule has 0 radical (unpaired) electrons.